The smallest absolute Gasteiger partial charge is 0.271 e. The Balaban J connectivity index is 1.55. The largest absolute Gasteiger partial charge is 0.351 e. The van der Waals surface area contributed by atoms with Crippen molar-refractivity contribution in [1.82, 2.24) is 19.9 Å². The number of H-pyrrole nitrogens is 1. The molecule has 0 aliphatic carbocycles. The van der Waals surface area contributed by atoms with Crippen LogP contribution in [0.25, 0.3) is 10.9 Å². The minimum Gasteiger partial charge on any atom is -0.351 e. The fourth-order valence-electron chi connectivity index (χ4n) is 3.06. The Hall–Kier alpha value is -2.56. The number of hydrogen-bond donors (Lipinski definition) is 2. The number of benzene rings is 1. The van der Waals surface area contributed by atoms with Crippen molar-refractivity contribution in [3.63, 3.8) is 0 Å². The van der Waals surface area contributed by atoms with Crippen molar-refractivity contribution in [3.8, 4) is 0 Å². The predicted molar refractivity (Wildman–Crippen MR) is 84.9 cm³/mol. The van der Waals surface area contributed by atoms with Crippen molar-refractivity contribution < 1.29 is 4.79 Å². The van der Waals surface area contributed by atoms with Gasteiger partial charge >= 0.3 is 0 Å². The van der Waals surface area contributed by atoms with Crippen LogP contribution in [0, 0.1) is 0 Å². The molecule has 0 radical (unpaired) electrons. The Morgan fingerprint density at radius 2 is 2.14 bits per heavy atom. The maximum Gasteiger partial charge on any atom is 0.271 e. The van der Waals surface area contributed by atoms with Crippen LogP contribution in [0.3, 0.4) is 0 Å². The molecule has 2 N–H and O–H groups in total. The highest BCUT2D eigenvalue weighted by Crippen LogP contribution is 2.16. The summed E-state index contributed by atoms with van der Waals surface area (Å²) in [5.41, 5.74) is 2.78. The average molecular weight is 294 g/mol. The summed E-state index contributed by atoms with van der Waals surface area (Å²) < 4.78 is 2.23. The van der Waals surface area contributed by atoms with Crippen LogP contribution in [0.1, 0.15) is 28.4 Å². The number of hydrogen-bond acceptors (Lipinski definition) is 2. The highest BCUT2D eigenvalue weighted by Gasteiger charge is 2.19. The molecule has 0 unspecified atom stereocenters. The lowest BCUT2D eigenvalue weighted by Crippen LogP contribution is -2.23. The number of rotatable bonds is 3. The third kappa shape index (κ3) is 2.28. The molecule has 1 aliphatic heterocycles. The minimum atomic E-state index is -0.0542. The van der Waals surface area contributed by atoms with Crippen LogP contribution in [-0.4, -0.2) is 27.0 Å². The molecule has 5 heteroatoms. The first-order chi connectivity index (χ1) is 10.8. The minimum absolute atomic E-state index is 0.0542. The Morgan fingerprint density at radius 1 is 1.23 bits per heavy atom. The Bertz CT molecular complexity index is 830. The number of fused-ring (bicyclic) bond motifs is 2. The molecule has 3 heterocycles. The monoisotopic (exact) mass is 294 g/mol. The lowest BCUT2D eigenvalue weighted by molar-refractivity contribution is 0.0951. The molecule has 22 heavy (non-hydrogen) atoms. The number of carbonyl (C=O) groups excluding carboxylic acids is 1. The van der Waals surface area contributed by atoms with E-state index in [0.717, 1.165) is 43.9 Å². The number of aromatic amines is 1. The van der Waals surface area contributed by atoms with E-state index >= 15 is 0 Å². The second-order valence-electron chi connectivity index (χ2n) is 5.69. The molecule has 2 aromatic heterocycles. The van der Waals surface area contributed by atoms with Gasteiger partial charge in [0.2, 0.25) is 0 Å². The van der Waals surface area contributed by atoms with Gasteiger partial charge in [-0.25, -0.2) is 4.98 Å². The van der Waals surface area contributed by atoms with E-state index in [1.54, 1.807) is 0 Å². The van der Waals surface area contributed by atoms with Crippen LogP contribution in [0.15, 0.2) is 36.5 Å². The van der Waals surface area contributed by atoms with Gasteiger partial charge in [0, 0.05) is 36.9 Å². The molecule has 112 valence electrons. The van der Waals surface area contributed by atoms with E-state index in [1.807, 2.05) is 0 Å². The summed E-state index contributed by atoms with van der Waals surface area (Å²) in [5.74, 6) is 0.834. The molecule has 1 amide bonds. The molecule has 1 aromatic carbocycles. The number of para-hydroxylation sites is 1. The molecule has 0 fully saturated rings. The van der Waals surface area contributed by atoms with Crippen LogP contribution in [-0.2, 0) is 19.4 Å². The summed E-state index contributed by atoms with van der Waals surface area (Å²) in [4.78, 5) is 19.7. The number of amides is 1. The summed E-state index contributed by atoms with van der Waals surface area (Å²) >= 11 is 0. The summed E-state index contributed by atoms with van der Waals surface area (Å²) in [6.45, 7) is 1.58. The van der Waals surface area contributed by atoms with E-state index in [1.165, 1.54) is 10.9 Å². The number of imidazole rings is 1. The van der Waals surface area contributed by atoms with Crippen LogP contribution in [0.2, 0.25) is 0 Å². The molecule has 0 saturated carbocycles. The van der Waals surface area contributed by atoms with Gasteiger partial charge in [-0.15, -0.1) is 0 Å². The van der Waals surface area contributed by atoms with Crippen LogP contribution in [0.4, 0.5) is 0 Å². The number of carbonyl (C=O) groups is 1. The molecule has 0 saturated heterocycles. The van der Waals surface area contributed by atoms with Crippen LogP contribution in [0.5, 0.6) is 0 Å². The molecular weight excluding hydrogens is 276 g/mol. The lowest BCUT2D eigenvalue weighted by Gasteiger charge is -2.04. The zero-order chi connectivity index (χ0) is 14.9. The summed E-state index contributed by atoms with van der Waals surface area (Å²) in [6.07, 6.45) is 4.74. The zero-order valence-corrected chi connectivity index (χ0v) is 12.3. The first kappa shape index (κ1) is 13.1. The van der Waals surface area contributed by atoms with Gasteiger partial charge < -0.3 is 14.9 Å². The average Bonchev–Trinajstić information content (AvgIpc) is 3.09. The van der Waals surface area contributed by atoms with Crippen molar-refractivity contribution in [2.75, 3.05) is 6.54 Å². The van der Waals surface area contributed by atoms with Crippen LogP contribution >= 0.6 is 0 Å². The van der Waals surface area contributed by atoms with Gasteiger partial charge in [0.05, 0.1) is 0 Å². The topological polar surface area (TPSA) is 62.7 Å². The van der Waals surface area contributed by atoms with Gasteiger partial charge in [-0.05, 0) is 30.4 Å². The standard InChI is InChI=1S/C17H18N4O/c22-17-16-13(5-3-9-18-17)19-15(20-16)8-11-21-10-7-12-4-1-2-6-14(12)21/h1-2,4,6-7,10H,3,5,8-9,11H2,(H,18,22)(H,19,20). The van der Waals surface area contributed by atoms with Crippen molar-refractivity contribution >= 4 is 16.8 Å². The number of nitrogens with one attached hydrogen (secondary N) is 2. The van der Waals surface area contributed by atoms with Crippen molar-refractivity contribution in [2.45, 2.75) is 25.8 Å². The molecule has 1 aliphatic rings. The SMILES string of the molecule is O=C1NCCCc2[nH]c(CCn3ccc4ccccc43)nc21. The van der Waals surface area contributed by atoms with Gasteiger partial charge in [0.15, 0.2) is 0 Å². The predicted octanol–water partition coefficient (Wildman–Crippen LogP) is 2.28. The molecule has 0 spiro atoms. The lowest BCUT2D eigenvalue weighted by atomic mass is 10.2. The fourth-order valence-corrected chi connectivity index (χ4v) is 3.06. The van der Waals surface area contributed by atoms with E-state index in [9.17, 15) is 4.79 Å². The summed E-state index contributed by atoms with van der Waals surface area (Å²) in [7, 11) is 0. The summed E-state index contributed by atoms with van der Waals surface area (Å²) in [6, 6.07) is 10.5. The van der Waals surface area contributed by atoms with E-state index in [2.05, 4.69) is 56.4 Å². The molecule has 5 nitrogen and oxygen atoms in total. The highest BCUT2D eigenvalue weighted by molar-refractivity contribution is 5.93. The second kappa shape index (κ2) is 5.33. The number of aromatic nitrogens is 3. The van der Waals surface area contributed by atoms with E-state index in [0.29, 0.717) is 5.69 Å². The van der Waals surface area contributed by atoms with Gasteiger partial charge in [-0.2, -0.15) is 0 Å². The molecule has 0 bridgehead atoms. The van der Waals surface area contributed by atoms with Gasteiger partial charge in [0.1, 0.15) is 11.5 Å². The van der Waals surface area contributed by atoms with Crippen molar-refractivity contribution in [1.29, 1.82) is 0 Å². The third-order valence-electron chi connectivity index (χ3n) is 4.20. The molecule has 3 aromatic rings. The molecule has 0 atom stereocenters. The summed E-state index contributed by atoms with van der Waals surface area (Å²) in [5, 5.41) is 4.13. The highest BCUT2D eigenvalue weighted by atomic mass is 16.1. The van der Waals surface area contributed by atoms with Crippen molar-refractivity contribution in [3.05, 3.63) is 53.7 Å². The maximum absolute atomic E-state index is 11.9. The first-order valence-electron chi connectivity index (χ1n) is 7.71. The van der Waals surface area contributed by atoms with Gasteiger partial charge in [0.25, 0.3) is 5.91 Å². The third-order valence-corrected chi connectivity index (χ3v) is 4.20. The van der Waals surface area contributed by atoms with Crippen LogP contribution < -0.4 is 5.32 Å². The van der Waals surface area contributed by atoms with E-state index in [4.69, 9.17) is 0 Å². The second-order valence-corrected chi connectivity index (χ2v) is 5.69. The van der Waals surface area contributed by atoms with E-state index in [-0.39, 0.29) is 5.91 Å². The molecular formula is C17H18N4O. The Kier molecular flexibility index (Phi) is 3.18. The normalized spacial score (nSPS) is 14.6. The first-order valence-corrected chi connectivity index (χ1v) is 7.71. The molecule has 4 rings (SSSR count). The van der Waals surface area contributed by atoms with Gasteiger partial charge in [-0.3, -0.25) is 4.79 Å². The Morgan fingerprint density at radius 3 is 3.09 bits per heavy atom. The van der Waals surface area contributed by atoms with Gasteiger partial charge in [-0.1, -0.05) is 18.2 Å². The van der Waals surface area contributed by atoms with Crippen molar-refractivity contribution in [2.24, 2.45) is 0 Å². The van der Waals surface area contributed by atoms with E-state index < -0.39 is 0 Å². The quantitative estimate of drug-likeness (QED) is 0.778. The Labute approximate surface area is 128 Å². The number of nitrogens with zero attached hydrogens (tertiary/aromatic N) is 2. The number of aryl methyl sites for hydroxylation is 3. The maximum atomic E-state index is 11.9. The fraction of sp³-hybridized carbons (Fsp3) is 0.294. The zero-order valence-electron chi connectivity index (χ0n) is 12.3.